The molecule has 1 amide bonds. The first kappa shape index (κ1) is 17.7. The van der Waals surface area contributed by atoms with E-state index in [4.69, 9.17) is 4.74 Å². The van der Waals surface area contributed by atoms with E-state index >= 15 is 0 Å². The van der Waals surface area contributed by atoms with Gasteiger partial charge in [-0.15, -0.1) is 0 Å². The number of hydrogen-bond donors (Lipinski definition) is 2. The van der Waals surface area contributed by atoms with Gasteiger partial charge in [0.1, 0.15) is 11.6 Å². The van der Waals surface area contributed by atoms with Crippen molar-refractivity contribution in [3.8, 4) is 5.75 Å². The molecule has 0 aliphatic rings. The minimum absolute atomic E-state index is 0.255. The summed E-state index contributed by atoms with van der Waals surface area (Å²) in [5.41, 5.74) is 0.869. The van der Waals surface area contributed by atoms with E-state index in [9.17, 15) is 17.6 Å². The molecule has 2 rings (SSSR count). The van der Waals surface area contributed by atoms with Crippen LogP contribution in [-0.2, 0) is 14.8 Å². The number of hydrogen-bond acceptors (Lipinski definition) is 4. The summed E-state index contributed by atoms with van der Waals surface area (Å²) >= 11 is 0. The lowest BCUT2D eigenvalue weighted by molar-refractivity contribution is -0.122. The smallest absolute Gasteiger partial charge is 0.265 e. The van der Waals surface area contributed by atoms with Crippen molar-refractivity contribution in [2.45, 2.75) is 13.0 Å². The molecule has 0 radical (unpaired) electrons. The fourth-order valence-corrected chi connectivity index (χ4v) is 2.44. The zero-order valence-electron chi connectivity index (χ0n) is 13.1. The largest absolute Gasteiger partial charge is 0.481 e. The maximum absolute atomic E-state index is 13.1. The summed E-state index contributed by atoms with van der Waals surface area (Å²) in [6.07, 6.45) is 0.217. The van der Waals surface area contributed by atoms with Crippen LogP contribution in [0.25, 0.3) is 0 Å². The molecule has 8 heteroatoms. The summed E-state index contributed by atoms with van der Waals surface area (Å²) < 4.78 is 43.0. The fourth-order valence-electron chi connectivity index (χ4n) is 1.88. The minimum atomic E-state index is -3.35. The van der Waals surface area contributed by atoms with Crippen LogP contribution in [0.4, 0.5) is 15.8 Å². The van der Waals surface area contributed by atoms with E-state index in [-0.39, 0.29) is 5.75 Å². The van der Waals surface area contributed by atoms with Crippen molar-refractivity contribution in [1.82, 2.24) is 0 Å². The lowest BCUT2D eigenvalue weighted by Gasteiger charge is -2.15. The molecule has 0 spiro atoms. The third-order valence-corrected chi connectivity index (χ3v) is 3.54. The van der Waals surface area contributed by atoms with Gasteiger partial charge in [0.05, 0.1) is 6.26 Å². The van der Waals surface area contributed by atoms with Crippen molar-refractivity contribution in [1.29, 1.82) is 0 Å². The van der Waals surface area contributed by atoms with Crippen LogP contribution in [0.1, 0.15) is 6.92 Å². The van der Waals surface area contributed by atoms with Gasteiger partial charge in [0.25, 0.3) is 5.91 Å². The molecule has 128 valence electrons. The number of ether oxygens (including phenoxy) is 1. The van der Waals surface area contributed by atoms with Crippen molar-refractivity contribution < 1.29 is 22.3 Å². The van der Waals surface area contributed by atoms with E-state index in [1.54, 1.807) is 25.1 Å². The quantitative estimate of drug-likeness (QED) is 0.837. The second-order valence-electron chi connectivity index (χ2n) is 5.16. The van der Waals surface area contributed by atoms with Gasteiger partial charge in [-0.3, -0.25) is 9.52 Å². The topological polar surface area (TPSA) is 84.5 Å². The van der Waals surface area contributed by atoms with E-state index in [1.165, 1.54) is 30.3 Å². The van der Waals surface area contributed by atoms with E-state index < -0.39 is 27.9 Å². The summed E-state index contributed by atoms with van der Waals surface area (Å²) in [7, 11) is -3.35. The van der Waals surface area contributed by atoms with Gasteiger partial charge >= 0.3 is 0 Å². The lowest BCUT2D eigenvalue weighted by Crippen LogP contribution is -2.30. The highest BCUT2D eigenvalue weighted by molar-refractivity contribution is 7.92. The number of benzene rings is 2. The van der Waals surface area contributed by atoms with Crippen molar-refractivity contribution in [2.24, 2.45) is 0 Å². The van der Waals surface area contributed by atoms with Crippen molar-refractivity contribution in [2.75, 3.05) is 16.3 Å². The highest BCUT2D eigenvalue weighted by Crippen LogP contribution is 2.17. The highest BCUT2D eigenvalue weighted by Gasteiger charge is 2.15. The first-order valence-corrected chi connectivity index (χ1v) is 8.93. The zero-order valence-corrected chi connectivity index (χ0v) is 13.9. The van der Waals surface area contributed by atoms with E-state index in [1.807, 2.05) is 0 Å². The van der Waals surface area contributed by atoms with Crippen LogP contribution >= 0.6 is 0 Å². The molecular weight excluding hydrogens is 335 g/mol. The molecule has 0 bridgehead atoms. The number of sulfonamides is 1. The number of halogens is 1. The molecule has 0 aromatic heterocycles. The minimum Gasteiger partial charge on any atom is -0.481 e. The fraction of sp³-hybridized carbons (Fsp3) is 0.188. The predicted molar refractivity (Wildman–Crippen MR) is 90.0 cm³/mol. The van der Waals surface area contributed by atoms with Gasteiger partial charge in [-0.2, -0.15) is 0 Å². The van der Waals surface area contributed by atoms with Crippen molar-refractivity contribution in [3.05, 3.63) is 54.3 Å². The Morgan fingerprint density at radius 2 is 1.75 bits per heavy atom. The Kier molecular flexibility index (Phi) is 5.40. The van der Waals surface area contributed by atoms with Gasteiger partial charge < -0.3 is 10.1 Å². The SMILES string of the molecule is C[C@H](Oc1cccc(F)c1)C(=O)Nc1ccc(NS(C)(=O)=O)cc1. The maximum atomic E-state index is 13.1. The Labute approximate surface area is 139 Å². The molecule has 24 heavy (non-hydrogen) atoms. The summed E-state index contributed by atoms with van der Waals surface area (Å²) in [6, 6.07) is 11.7. The van der Waals surface area contributed by atoms with Crippen LogP contribution in [0.15, 0.2) is 48.5 Å². The zero-order chi connectivity index (χ0) is 17.7. The van der Waals surface area contributed by atoms with Crippen LogP contribution in [0.2, 0.25) is 0 Å². The standard InChI is InChI=1S/C16H17FN2O4S/c1-11(23-15-5-3-4-12(17)10-15)16(20)18-13-6-8-14(9-7-13)19-24(2,21)22/h3-11,19H,1-2H3,(H,18,20)/t11-/m0/s1. The maximum Gasteiger partial charge on any atom is 0.265 e. The summed E-state index contributed by atoms with van der Waals surface area (Å²) in [4.78, 5) is 12.1. The number of carbonyl (C=O) groups excluding carboxylic acids is 1. The second kappa shape index (κ2) is 7.31. The Morgan fingerprint density at radius 3 is 2.33 bits per heavy atom. The van der Waals surface area contributed by atoms with Gasteiger partial charge in [0.15, 0.2) is 6.10 Å². The third-order valence-electron chi connectivity index (χ3n) is 2.93. The van der Waals surface area contributed by atoms with E-state index in [0.717, 1.165) is 6.26 Å². The van der Waals surface area contributed by atoms with E-state index in [2.05, 4.69) is 10.0 Å². The van der Waals surface area contributed by atoms with Crippen molar-refractivity contribution >= 4 is 27.3 Å². The number of nitrogens with one attached hydrogen (secondary N) is 2. The lowest BCUT2D eigenvalue weighted by atomic mass is 10.2. The number of rotatable bonds is 6. The second-order valence-corrected chi connectivity index (χ2v) is 6.91. The molecule has 0 saturated carbocycles. The predicted octanol–water partition coefficient (Wildman–Crippen LogP) is 2.60. The molecule has 0 aliphatic heterocycles. The van der Waals surface area contributed by atoms with Gasteiger partial charge in [-0.1, -0.05) is 6.07 Å². The molecular formula is C16H17FN2O4S. The monoisotopic (exact) mass is 352 g/mol. The molecule has 2 aromatic carbocycles. The Bertz CT molecular complexity index is 822. The van der Waals surface area contributed by atoms with Crippen LogP contribution in [-0.4, -0.2) is 26.7 Å². The third kappa shape index (κ3) is 5.54. The molecule has 1 atom stereocenters. The molecule has 2 N–H and O–H groups in total. The summed E-state index contributed by atoms with van der Waals surface area (Å²) in [6.45, 7) is 1.54. The average Bonchev–Trinajstić information content (AvgIpc) is 2.47. The molecule has 2 aromatic rings. The Morgan fingerprint density at radius 1 is 1.12 bits per heavy atom. The van der Waals surface area contributed by atoms with Gasteiger partial charge in [-0.05, 0) is 43.3 Å². The number of amides is 1. The number of anilines is 2. The van der Waals surface area contributed by atoms with Crippen LogP contribution < -0.4 is 14.8 Å². The molecule has 0 heterocycles. The summed E-state index contributed by atoms with van der Waals surface area (Å²) in [5.74, 6) is -0.609. The van der Waals surface area contributed by atoms with Crippen LogP contribution in [0.3, 0.4) is 0 Å². The van der Waals surface area contributed by atoms with Gasteiger partial charge in [0, 0.05) is 17.4 Å². The first-order valence-electron chi connectivity index (χ1n) is 7.04. The Hall–Kier alpha value is -2.61. The van der Waals surface area contributed by atoms with E-state index in [0.29, 0.717) is 11.4 Å². The highest BCUT2D eigenvalue weighted by atomic mass is 32.2. The molecule has 0 fully saturated rings. The first-order chi connectivity index (χ1) is 11.2. The Balaban J connectivity index is 1.96. The van der Waals surface area contributed by atoms with Gasteiger partial charge in [0.2, 0.25) is 10.0 Å². The average molecular weight is 352 g/mol. The van der Waals surface area contributed by atoms with Crippen molar-refractivity contribution in [3.63, 3.8) is 0 Å². The van der Waals surface area contributed by atoms with Gasteiger partial charge in [-0.25, -0.2) is 12.8 Å². The van der Waals surface area contributed by atoms with Crippen LogP contribution in [0.5, 0.6) is 5.75 Å². The summed E-state index contributed by atoms with van der Waals surface area (Å²) in [5, 5.41) is 2.63. The molecule has 6 nitrogen and oxygen atoms in total. The van der Waals surface area contributed by atoms with Crippen LogP contribution in [0, 0.1) is 5.82 Å². The normalized spacial score (nSPS) is 12.3. The molecule has 0 aliphatic carbocycles. The molecule has 0 saturated heterocycles. The number of carbonyl (C=O) groups is 1. The molecule has 0 unspecified atom stereocenters.